The zero-order valence-corrected chi connectivity index (χ0v) is 15.4. The first kappa shape index (κ1) is 18.5. The predicted octanol–water partition coefficient (Wildman–Crippen LogP) is 5.61. The monoisotopic (exact) mass is 382 g/mol. The Morgan fingerprint density at radius 3 is 2.36 bits per heavy atom. The number of benzene rings is 2. The summed E-state index contributed by atoms with van der Waals surface area (Å²) in [5.74, 6) is -0.455. The molecule has 1 aliphatic heterocycles. The summed E-state index contributed by atoms with van der Waals surface area (Å²) in [6.45, 7) is 1.98. The van der Waals surface area contributed by atoms with Gasteiger partial charge in [0, 0.05) is 12.3 Å². The summed E-state index contributed by atoms with van der Waals surface area (Å²) in [5, 5.41) is 3.39. The molecule has 0 saturated carbocycles. The molecule has 28 heavy (non-hydrogen) atoms. The molecule has 2 aliphatic rings. The summed E-state index contributed by atoms with van der Waals surface area (Å²) in [5.41, 5.74) is 1.58. The van der Waals surface area contributed by atoms with E-state index in [-0.39, 0.29) is 41.4 Å². The van der Waals surface area contributed by atoms with Gasteiger partial charge in [0.2, 0.25) is 0 Å². The Morgan fingerprint density at radius 2 is 1.64 bits per heavy atom. The van der Waals surface area contributed by atoms with E-state index in [2.05, 4.69) is 5.32 Å². The highest BCUT2D eigenvalue weighted by atomic mass is 19.1. The summed E-state index contributed by atoms with van der Waals surface area (Å²) in [6.07, 6.45) is 5.36. The van der Waals surface area contributed by atoms with Crippen molar-refractivity contribution in [1.29, 1.82) is 0 Å². The van der Waals surface area contributed by atoms with Crippen LogP contribution in [0.25, 0.3) is 0 Å². The molecule has 0 saturated heterocycles. The summed E-state index contributed by atoms with van der Waals surface area (Å²) in [4.78, 5) is 4.70. The molecule has 0 spiro atoms. The molecule has 0 amide bonds. The predicted molar refractivity (Wildman–Crippen MR) is 105 cm³/mol. The van der Waals surface area contributed by atoms with Gasteiger partial charge in [0.05, 0.1) is 17.9 Å². The number of rotatable bonds is 4. The SMILES string of the molecule is C[C@H]1N=C(CC2C=CC(F)=CC2c2cccc(F)c2)N[C@@H]1c1cccc(F)c1. The van der Waals surface area contributed by atoms with Gasteiger partial charge < -0.3 is 5.32 Å². The van der Waals surface area contributed by atoms with Crippen molar-refractivity contribution >= 4 is 5.84 Å². The van der Waals surface area contributed by atoms with Crippen LogP contribution in [-0.2, 0) is 0 Å². The molecule has 1 heterocycles. The number of nitrogens with one attached hydrogen (secondary N) is 1. The highest BCUT2D eigenvalue weighted by molar-refractivity contribution is 5.85. The van der Waals surface area contributed by atoms with E-state index in [0.29, 0.717) is 6.42 Å². The average molecular weight is 382 g/mol. The minimum atomic E-state index is -0.337. The first-order chi connectivity index (χ1) is 13.5. The maximum Gasteiger partial charge on any atom is 0.123 e. The van der Waals surface area contributed by atoms with Gasteiger partial charge in [-0.15, -0.1) is 0 Å². The number of nitrogens with zero attached hydrogens (tertiary/aromatic N) is 1. The van der Waals surface area contributed by atoms with Crippen LogP contribution in [0.1, 0.15) is 36.4 Å². The number of amidine groups is 1. The maximum atomic E-state index is 13.9. The Kier molecular flexibility index (Phi) is 5.07. The molecule has 1 N–H and O–H groups in total. The minimum absolute atomic E-state index is 0.0377. The van der Waals surface area contributed by atoms with E-state index in [0.717, 1.165) is 17.0 Å². The van der Waals surface area contributed by atoms with Crippen molar-refractivity contribution in [3.63, 3.8) is 0 Å². The van der Waals surface area contributed by atoms with Crippen molar-refractivity contribution in [3.8, 4) is 0 Å². The maximum absolute atomic E-state index is 13.9. The lowest BCUT2D eigenvalue weighted by Gasteiger charge is -2.25. The van der Waals surface area contributed by atoms with Crippen LogP contribution in [-0.4, -0.2) is 11.9 Å². The minimum Gasteiger partial charge on any atom is -0.365 e. The van der Waals surface area contributed by atoms with Crippen LogP contribution in [0, 0.1) is 17.6 Å². The lowest BCUT2D eigenvalue weighted by molar-refractivity contribution is 0.545. The van der Waals surface area contributed by atoms with Crippen LogP contribution in [0.3, 0.4) is 0 Å². The van der Waals surface area contributed by atoms with Crippen LogP contribution >= 0.6 is 0 Å². The number of hydrogen-bond donors (Lipinski definition) is 1. The van der Waals surface area contributed by atoms with Gasteiger partial charge in [-0.05, 0) is 60.4 Å². The molecule has 4 rings (SSSR count). The van der Waals surface area contributed by atoms with Gasteiger partial charge in [-0.3, -0.25) is 4.99 Å². The molecule has 2 aromatic carbocycles. The molecule has 5 heteroatoms. The topological polar surface area (TPSA) is 24.4 Å². The molecule has 0 fully saturated rings. The van der Waals surface area contributed by atoms with Gasteiger partial charge in [0.15, 0.2) is 0 Å². The molecular weight excluding hydrogens is 361 g/mol. The Balaban J connectivity index is 1.53. The van der Waals surface area contributed by atoms with Crippen LogP contribution in [0.5, 0.6) is 0 Å². The largest absolute Gasteiger partial charge is 0.365 e. The third-order valence-electron chi connectivity index (χ3n) is 5.34. The standard InChI is InChI=1S/C23H21F3N2/c1-14-23(17-5-3-7-19(25)11-17)28-22(27-14)12-16-8-9-20(26)13-21(16)15-4-2-6-18(24)10-15/h2-11,13-14,16,21,23H,12H2,1H3,(H,27,28)/t14-,16?,21?,23+/m1/s1. The van der Waals surface area contributed by atoms with E-state index in [4.69, 9.17) is 4.99 Å². The molecule has 2 aromatic rings. The summed E-state index contributed by atoms with van der Waals surface area (Å²) < 4.78 is 41.1. The lowest BCUT2D eigenvalue weighted by atomic mass is 9.80. The third-order valence-corrected chi connectivity index (χ3v) is 5.34. The summed E-state index contributed by atoms with van der Waals surface area (Å²) in [7, 11) is 0. The molecule has 2 nitrogen and oxygen atoms in total. The molecular formula is C23H21F3N2. The molecule has 4 atom stereocenters. The lowest BCUT2D eigenvalue weighted by Crippen LogP contribution is -2.28. The molecule has 2 unspecified atom stereocenters. The van der Waals surface area contributed by atoms with E-state index < -0.39 is 0 Å². The molecule has 1 aliphatic carbocycles. The number of hydrogen-bond acceptors (Lipinski definition) is 2. The fourth-order valence-electron chi connectivity index (χ4n) is 3.99. The van der Waals surface area contributed by atoms with Crippen molar-refractivity contribution in [2.24, 2.45) is 10.9 Å². The zero-order valence-electron chi connectivity index (χ0n) is 15.4. The summed E-state index contributed by atoms with van der Waals surface area (Å²) in [6, 6.07) is 12.6. The van der Waals surface area contributed by atoms with Gasteiger partial charge in [0.1, 0.15) is 17.5 Å². The molecule has 0 aromatic heterocycles. The third kappa shape index (κ3) is 3.88. The van der Waals surface area contributed by atoms with Crippen molar-refractivity contribution in [3.05, 3.63) is 95.3 Å². The van der Waals surface area contributed by atoms with E-state index in [1.54, 1.807) is 12.1 Å². The van der Waals surface area contributed by atoms with Gasteiger partial charge in [-0.25, -0.2) is 13.2 Å². The molecule has 0 radical (unpaired) electrons. The Hall–Kier alpha value is -2.82. The molecule has 0 bridgehead atoms. The van der Waals surface area contributed by atoms with Crippen molar-refractivity contribution in [2.75, 3.05) is 0 Å². The van der Waals surface area contributed by atoms with Gasteiger partial charge >= 0.3 is 0 Å². The van der Waals surface area contributed by atoms with Gasteiger partial charge in [-0.1, -0.05) is 30.3 Å². The van der Waals surface area contributed by atoms with Crippen LogP contribution in [0.4, 0.5) is 13.2 Å². The number of allylic oxidation sites excluding steroid dienone is 4. The van der Waals surface area contributed by atoms with Gasteiger partial charge in [-0.2, -0.15) is 0 Å². The summed E-state index contributed by atoms with van der Waals surface area (Å²) >= 11 is 0. The molecule has 144 valence electrons. The van der Waals surface area contributed by atoms with E-state index in [1.807, 2.05) is 25.1 Å². The number of halogens is 3. The second kappa shape index (κ2) is 7.66. The van der Waals surface area contributed by atoms with Gasteiger partial charge in [0.25, 0.3) is 0 Å². The van der Waals surface area contributed by atoms with E-state index in [9.17, 15) is 13.2 Å². The van der Waals surface area contributed by atoms with Crippen molar-refractivity contribution in [1.82, 2.24) is 5.32 Å². The quantitative estimate of drug-likeness (QED) is 0.730. The van der Waals surface area contributed by atoms with Crippen LogP contribution in [0.15, 0.2) is 77.6 Å². The van der Waals surface area contributed by atoms with Crippen LogP contribution < -0.4 is 5.32 Å². The van der Waals surface area contributed by atoms with Crippen LogP contribution in [0.2, 0.25) is 0 Å². The zero-order chi connectivity index (χ0) is 19.7. The fraction of sp³-hybridized carbons (Fsp3) is 0.261. The van der Waals surface area contributed by atoms with E-state index >= 15 is 0 Å². The first-order valence-corrected chi connectivity index (χ1v) is 9.39. The fourth-order valence-corrected chi connectivity index (χ4v) is 3.99. The normalized spacial score (nSPS) is 26.6. The second-order valence-corrected chi connectivity index (χ2v) is 7.35. The first-order valence-electron chi connectivity index (χ1n) is 9.39. The highest BCUT2D eigenvalue weighted by Gasteiger charge is 2.30. The van der Waals surface area contributed by atoms with E-state index in [1.165, 1.54) is 36.4 Å². The number of aliphatic imine (C=N–C) groups is 1. The highest BCUT2D eigenvalue weighted by Crippen LogP contribution is 2.36. The van der Waals surface area contributed by atoms with Crippen molar-refractivity contribution in [2.45, 2.75) is 31.3 Å². The Morgan fingerprint density at radius 1 is 0.964 bits per heavy atom. The van der Waals surface area contributed by atoms with Crippen molar-refractivity contribution < 1.29 is 13.2 Å². The Bertz CT molecular complexity index is 964. The smallest absolute Gasteiger partial charge is 0.123 e. The Labute approximate surface area is 162 Å². The average Bonchev–Trinajstić information content (AvgIpc) is 3.03. The second-order valence-electron chi connectivity index (χ2n) is 7.35.